The van der Waals surface area contributed by atoms with Gasteiger partial charge in [-0.15, -0.1) is 0 Å². The number of benzene rings is 2. The average Bonchev–Trinajstić information content (AvgIpc) is 2.46. The van der Waals surface area contributed by atoms with Crippen LogP contribution in [0.15, 0.2) is 42.5 Å². The fourth-order valence-electron chi connectivity index (χ4n) is 1.72. The summed E-state index contributed by atoms with van der Waals surface area (Å²) in [5.74, 6) is 0.00461. The zero-order valence-electron chi connectivity index (χ0n) is 11.1. The molecule has 2 rings (SSSR count). The van der Waals surface area contributed by atoms with Crippen LogP contribution in [0.4, 0.5) is 21.5 Å². The van der Waals surface area contributed by atoms with E-state index in [4.69, 9.17) is 10.5 Å². The van der Waals surface area contributed by atoms with Gasteiger partial charge in [0.05, 0.1) is 11.0 Å². The van der Waals surface area contributed by atoms with E-state index in [1.807, 2.05) is 0 Å². The van der Waals surface area contributed by atoms with Crippen LogP contribution in [0.3, 0.4) is 0 Å². The number of nitrogen functional groups attached to an aromatic ring is 1. The van der Waals surface area contributed by atoms with E-state index in [-0.39, 0.29) is 11.4 Å². The van der Waals surface area contributed by atoms with Crippen LogP contribution >= 0.6 is 0 Å². The molecular formula is C14H14FN3O3. The molecule has 2 aromatic carbocycles. The van der Waals surface area contributed by atoms with E-state index in [1.54, 1.807) is 24.3 Å². The summed E-state index contributed by atoms with van der Waals surface area (Å²) in [5, 5.41) is 13.7. The summed E-state index contributed by atoms with van der Waals surface area (Å²) in [5.41, 5.74) is 6.14. The van der Waals surface area contributed by atoms with E-state index in [0.717, 1.165) is 12.1 Å². The van der Waals surface area contributed by atoms with E-state index >= 15 is 0 Å². The zero-order valence-corrected chi connectivity index (χ0v) is 11.1. The lowest BCUT2D eigenvalue weighted by molar-refractivity contribution is -0.384. The van der Waals surface area contributed by atoms with Crippen molar-refractivity contribution in [2.24, 2.45) is 0 Å². The summed E-state index contributed by atoms with van der Waals surface area (Å²) in [7, 11) is 0. The van der Waals surface area contributed by atoms with Crippen molar-refractivity contribution in [3.63, 3.8) is 0 Å². The van der Waals surface area contributed by atoms with E-state index in [2.05, 4.69) is 5.32 Å². The molecular weight excluding hydrogens is 277 g/mol. The highest BCUT2D eigenvalue weighted by Crippen LogP contribution is 2.24. The number of hydrogen-bond donors (Lipinski definition) is 2. The maximum Gasteiger partial charge on any atom is 0.295 e. The van der Waals surface area contributed by atoms with Crippen LogP contribution in [0.1, 0.15) is 0 Å². The number of nitrogens with two attached hydrogens (primary N) is 1. The van der Waals surface area contributed by atoms with Crippen molar-refractivity contribution < 1.29 is 14.1 Å². The third-order valence-electron chi connectivity index (χ3n) is 2.72. The van der Waals surface area contributed by atoms with E-state index in [9.17, 15) is 14.5 Å². The Balaban J connectivity index is 1.89. The minimum absolute atomic E-state index is 0.252. The zero-order chi connectivity index (χ0) is 15.2. The summed E-state index contributed by atoms with van der Waals surface area (Å²) in [6.45, 7) is 0.648. The Kier molecular flexibility index (Phi) is 4.55. The first kappa shape index (κ1) is 14.6. The minimum Gasteiger partial charge on any atom is -0.492 e. The number of nitrogens with one attached hydrogen (secondary N) is 1. The van der Waals surface area contributed by atoms with Gasteiger partial charge in [-0.2, -0.15) is 0 Å². The summed E-state index contributed by atoms with van der Waals surface area (Å²) < 4.78 is 18.4. The van der Waals surface area contributed by atoms with Crippen LogP contribution in [0.2, 0.25) is 0 Å². The van der Waals surface area contributed by atoms with Gasteiger partial charge in [0.15, 0.2) is 0 Å². The number of halogens is 1. The van der Waals surface area contributed by atoms with Gasteiger partial charge in [0.25, 0.3) is 5.69 Å². The van der Waals surface area contributed by atoms with Gasteiger partial charge >= 0.3 is 0 Å². The molecule has 0 aliphatic rings. The molecule has 0 aromatic heterocycles. The normalized spacial score (nSPS) is 10.1. The number of nitrogens with zero attached hydrogens (tertiary/aromatic N) is 1. The van der Waals surface area contributed by atoms with Gasteiger partial charge in [0.1, 0.15) is 23.9 Å². The standard InChI is InChI=1S/C14H14FN3O3/c15-10-1-6-13(14(9-10)18(19)20)17-7-8-21-12-4-2-11(16)3-5-12/h1-6,9,17H,7-8,16H2. The third kappa shape index (κ3) is 4.07. The highest BCUT2D eigenvalue weighted by atomic mass is 19.1. The second kappa shape index (κ2) is 6.56. The fraction of sp³-hybridized carbons (Fsp3) is 0.143. The second-order valence-corrected chi connectivity index (χ2v) is 4.26. The van der Waals surface area contributed by atoms with Crippen molar-refractivity contribution in [2.45, 2.75) is 0 Å². The molecule has 6 nitrogen and oxygen atoms in total. The number of nitro benzene ring substituents is 1. The fourth-order valence-corrected chi connectivity index (χ4v) is 1.72. The molecule has 0 heterocycles. The summed E-state index contributed by atoms with van der Waals surface area (Å²) in [6, 6.07) is 10.3. The summed E-state index contributed by atoms with van der Waals surface area (Å²) in [4.78, 5) is 10.2. The number of rotatable bonds is 6. The molecule has 0 fully saturated rings. The molecule has 0 spiro atoms. The molecule has 0 aliphatic carbocycles. The van der Waals surface area contributed by atoms with Crippen molar-refractivity contribution in [3.8, 4) is 5.75 Å². The molecule has 21 heavy (non-hydrogen) atoms. The van der Waals surface area contributed by atoms with E-state index in [0.29, 0.717) is 24.6 Å². The van der Waals surface area contributed by atoms with Gasteiger partial charge in [-0.05, 0) is 36.4 Å². The lowest BCUT2D eigenvalue weighted by Gasteiger charge is -2.09. The molecule has 0 saturated carbocycles. The van der Waals surface area contributed by atoms with Crippen LogP contribution in [0.25, 0.3) is 0 Å². The number of hydrogen-bond acceptors (Lipinski definition) is 5. The monoisotopic (exact) mass is 291 g/mol. The number of nitro groups is 1. The molecule has 0 aliphatic heterocycles. The van der Waals surface area contributed by atoms with E-state index < -0.39 is 10.7 Å². The molecule has 110 valence electrons. The summed E-state index contributed by atoms with van der Waals surface area (Å²) >= 11 is 0. The lowest BCUT2D eigenvalue weighted by atomic mass is 10.2. The number of anilines is 2. The van der Waals surface area contributed by atoms with Crippen molar-refractivity contribution in [1.82, 2.24) is 0 Å². The molecule has 2 aromatic rings. The molecule has 0 amide bonds. The second-order valence-electron chi connectivity index (χ2n) is 4.26. The van der Waals surface area contributed by atoms with Gasteiger partial charge in [-0.25, -0.2) is 4.39 Å². The summed E-state index contributed by atoms with van der Waals surface area (Å²) in [6.07, 6.45) is 0. The Morgan fingerprint density at radius 1 is 1.24 bits per heavy atom. The molecule has 0 atom stereocenters. The molecule has 0 bridgehead atoms. The Morgan fingerprint density at radius 2 is 1.95 bits per heavy atom. The van der Waals surface area contributed by atoms with Gasteiger partial charge < -0.3 is 15.8 Å². The molecule has 3 N–H and O–H groups in total. The quantitative estimate of drug-likeness (QED) is 0.369. The topological polar surface area (TPSA) is 90.4 Å². The first-order valence-corrected chi connectivity index (χ1v) is 6.22. The van der Waals surface area contributed by atoms with Crippen molar-refractivity contribution >= 4 is 17.1 Å². The minimum atomic E-state index is -0.648. The van der Waals surface area contributed by atoms with Crippen molar-refractivity contribution in [1.29, 1.82) is 0 Å². The van der Waals surface area contributed by atoms with Crippen molar-refractivity contribution in [2.75, 3.05) is 24.2 Å². The van der Waals surface area contributed by atoms with Gasteiger partial charge in [0.2, 0.25) is 0 Å². The van der Waals surface area contributed by atoms with Crippen LogP contribution in [0, 0.1) is 15.9 Å². The van der Waals surface area contributed by atoms with Crippen LogP contribution < -0.4 is 15.8 Å². The van der Waals surface area contributed by atoms with Crippen molar-refractivity contribution in [3.05, 3.63) is 58.4 Å². The van der Waals surface area contributed by atoms with Gasteiger partial charge in [-0.1, -0.05) is 0 Å². The molecule has 0 radical (unpaired) electrons. The Bertz CT molecular complexity index is 632. The smallest absolute Gasteiger partial charge is 0.295 e. The SMILES string of the molecule is Nc1ccc(OCCNc2ccc(F)cc2[N+](=O)[O-])cc1. The Labute approximate surface area is 120 Å². The lowest BCUT2D eigenvalue weighted by Crippen LogP contribution is -2.12. The highest BCUT2D eigenvalue weighted by Gasteiger charge is 2.14. The third-order valence-corrected chi connectivity index (χ3v) is 2.72. The maximum atomic E-state index is 13.0. The predicted molar refractivity (Wildman–Crippen MR) is 77.9 cm³/mol. The predicted octanol–water partition coefficient (Wildman–Crippen LogP) is 2.81. The van der Waals surface area contributed by atoms with E-state index in [1.165, 1.54) is 6.07 Å². The van der Waals surface area contributed by atoms with Crippen LogP contribution in [0.5, 0.6) is 5.75 Å². The Morgan fingerprint density at radius 3 is 2.62 bits per heavy atom. The Hall–Kier alpha value is -2.83. The molecule has 7 heteroatoms. The van der Waals surface area contributed by atoms with Crippen LogP contribution in [-0.2, 0) is 0 Å². The maximum absolute atomic E-state index is 13.0. The van der Waals surface area contributed by atoms with Crippen LogP contribution in [-0.4, -0.2) is 18.1 Å². The first-order chi connectivity index (χ1) is 10.1. The average molecular weight is 291 g/mol. The largest absolute Gasteiger partial charge is 0.492 e. The first-order valence-electron chi connectivity index (χ1n) is 6.22. The van der Waals surface area contributed by atoms with Gasteiger partial charge in [-0.3, -0.25) is 10.1 Å². The van der Waals surface area contributed by atoms with Gasteiger partial charge in [0, 0.05) is 12.2 Å². The molecule has 0 saturated heterocycles. The highest BCUT2D eigenvalue weighted by molar-refractivity contribution is 5.61. The number of ether oxygens (including phenoxy) is 1. The molecule has 0 unspecified atom stereocenters.